The summed E-state index contributed by atoms with van der Waals surface area (Å²) in [5, 5.41) is 11.8. The molecule has 0 fully saturated rings. The van der Waals surface area contributed by atoms with E-state index in [0.29, 0.717) is 0 Å². The van der Waals surface area contributed by atoms with E-state index >= 15 is 0 Å². The SMILES string of the molecule is CC(C(=O)NC(C(=O)O)C(C)(C)C)C(N)c1ccccc1. The number of nitrogens with two attached hydrogens (primary N) is 1. The first kappa shape index (κ1) is 17.2. The van der Waals surface area contributed by atoms with Crippen LogP contribution < -0.4 is 11.1 Å². The Morgan fingerprint density at radius 3 is 2.14 bits per heavy atom. The summed E-state index contributed by atoms with van der Waals surface area (Å²) in [6.07, 6.45) is 0. The molecule has 0 heterocycles. The van der Waals surface area contributed by atoms with Crippen molar-refractivity contribution in [1.82, 2.24) is 5.32 Å². The van der Waals surface area contributed by atoms with Crippen molar-refractivity contribution >= 4 is 11.9 Å². The molecule has 0 aliphatic heterocycles. The summed E-state index contributed by atoms with van der Waals surface area (Å²) in [6, 6.07) is 7.88. The van der Waals surface area contributed by atoms with Crippen LogP contribution in [-0.4, -0.2) is 23.0 Å². The fourth-order valence-corrected chi connectivity index (χ4v) is 2.05. The van der Waals surface area contributed by atoms with Gasteiger partial charge in [0.1, 0.15) is 6.04 Å². The van der Waals surface area contributed by atoms with Crippen LogP contribution in [0.15, 0.2) is 30.3 Å². The van der Waals surface area contributed by atoms with Gasteiger partial charge in [0.2, 0.25) is 5.91 Å². The van der Waals surface area contributed by atoms with Gasteiger partial charge in [-0.15, -0.1) is 0 Å². The molecule has 0 aliphatic rings. The van der Waals surface area contributed by atoms with Crippen LogP contribution in [0.3, 0.4) is 0 Å². The van der Waals surface area contributed by atoms with Gasteiger partial charge in [0.25, 0.3) is 0 Å². The largest absolute Gasteiger partial charge is 0.480 e. The highest BCUT2D eigenvalue weighted by atomic mass is 16.4. The first-order valence-electron chi connectivity index (χ1n) is 6.98. The number of carbonyl (C=O) groups is 2. The normalized spacial score (nSPS) is 15.9. The smallest absolute Gasteiger partial charge is 0.326 e. The van der Waals surface area contributed by atoms with Gasteiger partial charge in [-0.05, 0) is 11.0 Å². The van der Waals surface area contributed by atoms with Gasteiger partial charge >= 0.3 is 5.97 Å². The molecule has 0 bridgehead atoms. The quantitative estimate of drug-likeness (QED) is 0.773. The molecule has 0 spiro atoms. The Balaban J connectivity index is 2.81. The third kappa shape index (κ3) is 4.56. The zero-order chi connectivity index (χ0) is 16.2. The summed E-state index contributed by atoms with van der Waals surface area (Å²) in [5.41, 5.74) is 6.37. The van der Waals surface area contributed by atoms with Crippen molar-refractivity contribution in [2.75, 3.05) is 0 Å². The van der Waals surface area contributed by atoms with Gasteiger partial charge in [-0.3, -0.25) is 4.79 Å². The van der Waals surface area contributed by atoms with Crippen LogP contribution in [0.25, 0.3) is 0 Å². The van der Waals surface area contributed by atoms with E-state index in [4.69, 9.17) is 5.73 Å². The summed E-state index contributed by atoms with van der Waals surface area (Å²) in [5.74, 6) is -1.92. The molecule has 0 saturated heterocycles. The standard InChI is InChI=1S/C16H24N2O3/c1-10(12(17)11-8-6-5-7-9-11)14(19)18-13(15(20)21)16(2,3)4/h5-10,12-13H,17H2,1-4H3,(H,18,19)(H,20,21). The number of amides is 1. The molecule has 0 aromatic heterocycles. The number of nitrogens with one attached hydrogen (secondary N) is 1. The van der Waals surface area contributed by atoms with Crippen LogP contribution in [0.4, 0.5) is 0 Å². The summed E-state index contributed by atoms with van der Waals surface area (Å²) < 4.78 is 0. The molecule has 0 radical (unpaired) electrons. The maximum atomic E-state index is 12.3. The third-order valence-electron chi connectivity index (χ3n) is 3.54. The van der Waals surface area contributed by atoms with Crippen LogP contribution in [0.2, 0.25) is 0 Å². The van der Waals surface area contributed by atoms with E-state index in [0.717, 1.165) is 5.56 Å². The minimum absolute atomic E-state index is 0.353. The van der Waals surface area contributed by atoms with Crippen molar-refractivity contribution in [2.45, 2.75) is 39.8 Å². The predicted molar refractivity (Wildman–Crippen MR) is 81.6 cm³/mol. The molecular formula is C16H24N2O3. The van der Waals surface area contributed by atoms with E-state index in [1.807, 2.05) is 30.3 Å². The molecule has 1 rings (SSSR count). The zero-order valence-corrected chi connectivity index (χ0v) is 13.0. The Bertz CT molecular complexity index is 494. The summed E-state index contributed by atoms with van der Waals surface area (Å²) in [4.78, 5) is 23.6. The molecule has 1 aromatic rings. The van der Waals surface area contributed by atoms with Crippen LogP contribution in [0, 0.1) is 11.3 Å². The Morgan fingerprint density at radius 1 is 1.19 bits per heavy atom. The molecular weight excluding hydrogens is 268 g/mol. The van der Waals surface area contributed by atoms with Crippen LogP contribution in [0.5, 0.6) is 0 Å². The molecule has 0 aliphatic carbocycles. The van der Waals surface area contributed by atoms with Crippen molar-refractivity contribution < 1.29 is 14.7 Å². The minimum atomic E-state index is -1.05. The van der Waals surface area contributed by atoms with Gasteiger partial charge in [0.15, 0.2) is 0 Å². The summed E-state index contributed by atoms with van der Waals surface area (Å²) in [7, 11) is 0. The third-order valence-corrected chi connectivity index (χ3v) is 3.54. The molecule has 116 valence electrons. The summed E-state index contributed by atoms with van der Waals surface area (Å²) >= 11 is 0. The minimum Gasteiger partial charge on any atom is -0.480 e. The lowest BCUT2D eigenvalue weighted by molar-refractivity contribution is -0.145. The first-order chi connectivity index (χ1) is 9.64. The highest BCUT2D eigenvalue weighted by molar-refractivity contribution is 5.85. The van der Waals surface area contributed by atoms with E-state index in [1.54, 1.807) is 27.7 Å². The fraction of sp³-hybridized carbons (Fsp3) is 0.500. The number of rotatable bonds is 5. The molecule has 3 unspecified atom stereocenters. The molecule has 1 amide bonds. The van der Waals surface area contributed by atoms with Crippen molar-refractivity contribution in [3.8, 4) is 0 Å². The van der Waals surface area contributed by atoms with Gasteiger partial charge in [-0.1, -0.05) is 58.0 Å². The van der Waals surface area contributed by atoms with Crippen molar-refractivity contribution in [2.24, 2.45) is 17.1 Å². The lowest BCUT2D eigenvalue weighted by atomic mass is 9.86. The van der Waals surface area contributed by atoms with E-state index in [2.05, 4.69) is 5.32 Å². The molecule has 4 N–H and O–H groups in total. The average molecular weight is 292 g/mol. The average Bonchev–Trinajstić information content (AvgIpc) is 2.42. The lowest BCUT2D eigenvalue weighted by Gasteiger charge is -2.30. The van der Waals surface area contributed by atoms with Crippen LogP contribution in [-0.2, 0) is 9.59 Å². The number of carboxylic acid groups (broad SMARTS) is 1. The molecule has 21 heavy (non-hydrogen) atoms. The Morgan fingerprint density at radius 2 is 1.71 bits per heavy atom. The monoisotopic (exact) mass is 292 g/mol. The molecule has 5 heteroatoms. The van der Waals surface area contributed by atoms with Crippen LogP contribution >= 0.6 is 0 Å². The van der Waals surface area contributed by atoms with Crippen LogP contribution in [0.1, 0.15) is 39.3 Å². The summed E-state index contributed by atoms with van der Waals surface area (Å²) in [6.45, 7) is 7.02. The fourth-order valence-electron chi connectivity index (χ4n) is 2.05. The van der Waals surface area contributed by atoms with Crippen molar-refractivity contribution in [3.63, 3.8) is 0 Å². The van der Waals surface area contributed by atoms with Gasteiger partial charge in [-0.25, -0.2) is 4.79 Å². The lowest BCUT2D eigenvalue weighted by Crippen LogP contribution is -2.51. The van der Waals surface area contributed by atoms with Gasteiger partial charge < -0.3 is 16.2 Å². The number of hydrogen-bond acceptors (Lipinski definition) is 3. The van der Waals surface area contributed by atoms with Crippen molar-refractivity contribution in [1.29, 1.82) is 0 Å². The second kappa shape index (κ2) is 6.72. The van der Waals surface area contributed by atoms with E-state index in [9.17, 15) is 14.7 Å². The number of hydrogen-bond donors (Lipinski definition) is 3. The Kier molecular flexibility index (Phi) is 5.49. The van der Waals surface area contributed by atoms with Gasteiger partial charge in [0.05, 0.1) is 5.92 Å². The number of carbonyl (C=O) groups excluding carboxylic acids is 1. The van der Waals surface area contributed by atoms with Gasteiger partial charge in [0, 0.05) is 6.04 Å². The molecule has 0 saturated carbocycles. The highest BCUT2D eigenvalue weighted by Crippen LogP contribution is 2.23. The second-order valence-electron chi connectivity index (χ2n) is 6.37. The first-order valence-corrected chi connectivity index (χ1v) is 6.98. The number of benzene rings is 1. The zero-order valence-electron chi connectivity index (χ0n) is 13.0. The van der Waals surface area contributed by atoms with E-state index in [-0.39, 0.29) is 5.91 Å². The molecule has 1 aromatic carbocycles. The number of carboxylic acids is 1. The van der Waals surface area contributed by atoms with Gasteiger partial charge in [-0.2, -0.15) is 0 Å². The highest BCUT2D eigenvalue weighted by Gasteiger charge is 2.34. The Hall–Kier alpha value is -1.88. The number of aliphatic carboxylic acids is 1. The molecule has 5 nitrogen and oxygen atoms in total. The maximum Gasteiger partial charge on any atom is 0.326 e. The second-order valence-corrected chi connectivity index (χ2v) is 6.37. The van der Waals surface area contributed by atoms with Crippen molar-refractivity contribution in [3.05, 3.63) is 35.9 Å². The van der Waals surface area contributed by atoms with E-state index in [1.165, 1.54) is 0 Å². The topological polar surface area (TPSA) is 92.4 Å². The maximum absolute atomic E-state index is 12.3. The molecule has 3 atom stereocenters. The predicted octanol–water partition coefficient (Wildman–Crippen LogP) is 1.94. The van der Waals surface area contributed by atoms with E-state index < -0.39 is 29.4 Å². The Labute approximate surface area is 125 Å².